The first-order chi connectivity index (χ1) is 11.7. The van der Waals surface area contributed by atoms with Gasteiger partial charge in [0.15, 0.2) is 0 Å². The Morgan fingerprint density at radius 1 is 0.880 bits per heavy atom. The topological polar surface area (TPSA) is 52.6 Å². The van der Waals surface area contributed by atoms with Gasteiger partial charge in [0, 0.05) is 19.4 Å². The highest BCUT2D eigenvalue weighted by Gasteiger charge is 2.21. The Labute approximate surface area is 153 Å². The van der Waals surface area contributed by atoms with Crippen molar-refractivity contribution in [2.45, 2.75) is 59.8 Å². The van der Waals surface area contributed by atoms with Gasteiger partial charge in [-0.3, -0.25) is 9.36 Å². The van der Waals surface area contributed by atoms with Gasteiger partial charge in [-0.15, -0.1) is 0 Å². The molecule has 5 heteroatoms. The molecule has 0 aliphatic carbocycles. The molecule has 0 aliphatic rings. The third kappa shape index (κ3) is 12.8. The minimum atomic E-state index is -2.80. The molecule has 0 rings (SSSR count). The van der Waals surface area contributed by atoms with E-state index in [2.05, 4.69) is 37.7 Å². The molecule has 0 aromatic rings. The Kier molecular flexibility index (Phi) is 12.5. The molecule has 1 unspecified atom stereocenters. The number of methoxy groups -OCH3 is 1. The summed E-state index contributed by atoms with van der Waals surface area (Å²) >= 11 is 0. The number of hydrogen-bond donors (Lipinski definition) is 0. The van der Waals surface area contributed by atoms with E-state index in [4.69, 9.17) is 4.52 Å². The van der Waals surface area contributed by atoms with Crippen LogP contribution in [0.5, 0.6) is 0 Å². The van der Waals surface area contributed by atoms with E-state index < -0.39 is 7.37 Å². The second-order valence-electron chi connectivity index (χ2n) is 6.69. The number of ether oxygens (including phenoxy) is 1. The van der Waals surface area contributed by atoms with Crippen molar-refractivity contribution in [2.24, 2.45) is 0 Å². The highest BCUT2D eigenvalue weighted by atomic mass is 31.2. The molecule has 0 saturated heterocycles. The zero-order valence-electron chi connectivity index (χ0n) is 16.8. The van der Waals surface area contributed by atoms with E-state index in [1.54, 1.807) is 0 Å². The van der Waals surface area contributed by atoms with Crippen molar-refractivity contribution >= 4 is 13.3 Å². The molecule has 0 N–H and O–H groups in total. The fourth-order valence-electron chi connectivity index (χ4n) is 2.25. The van der Waals surface area contributed by atoms with Gasteiger partial charge in [-0.2, -0.15) is 0 Å². The minimum absolute atomic E-state index is 0.127. The number of allylic oxidation sites excluding steroid dienone is 6. The molecule has 0 heterocycles. The number of rotatable bonds is 12. The fraction of sp³-hybridized carbons (Fsp3) is 0.650. The summed E-state index contributed by atoms with van der Waals surface area (Å²) in [6.45, 7) is 8.46. The van der Waals surface area contributed by atoms with E-state index in [0.29, 0.717) is 6.16 Å². The minimum Gasteiger partial charge on any atom is -0.469 e. The molecule has 4 nitrogen and oxygen atoms in total. The molecule has 1 atom stereocenters. The van der Waals surface area contributed by atoms with Crippen LogP contribution in [-0.2, 0) is 18.6 Å². The molecule has 0 aromatic carbocycles. The highest BCUT2D eigenvalue weighted by Crippen LogP contribution is 2.46. The SMILES string of the molecule is COC(=O)CCP(=O)(C/C=C(\C)CC/C=C(\C)CCC=C(C)C)OC. The second-order valence-corrected chi connectivity index (χ2v) is 9.50. The van der Waals surface area contributed by atoms with Crippen molar-refractivity contribution in [3.8, 4) is 0 Å². The molecule has 25 heavy (non-hydrogen) atoms. The van der Waals surface area contributed by atoms with Crippen molar-refractivity contribution in [1.82, 2.24) is 0 Å². The van der Waals surface area contributed by atoms with Crippen LogP contribution in [0.25, 0.3) is 0 Å². The first-order valence-corrected chi connectivity index (χ1v) is 10.9. The van der Waals surface area contributed by atoms with Gasteiger partial charge < -0.3 is 9.26 Å². The molecular formula is C20H35O4P. The van der Waals surface area contributed by atoms with Gasteiger partial charge in [-0.1, -0.05) is 34.9 Å². The molecule has 0 saturated carbocycles. The smallest absolute Gasteiger partial charge is 0.306 e. The van der Waals surface area contributed by atoms with Gasteiger partial charge in [-0.25, -0.2) is 0 Å². The van der Waals surface area contributed by atoms with E-state index in [9.17, 15) is 9.36 Å². The zero-order chi connectivity index (χ0) is 19.3. The van der Waals surface area contributed by atoms with Crippen LogP contribution >= 0.6 is 7.37 Å². The van der Waals surface area contributed by atoms with Crippen molar-refractivity contribution in [3.63, 3.8) is 0 Å². The molecule has 0 aromatic heterocycles. The third-order valence-electron chi connectivity index (χ3n) is 4.06. The first kappa shape index (κ1) is 23.9. The summed E-state index contributed by atoms with van der Waals surface area (Å²) in [6, 6.07) is 0. The van der Waals surface area contributed by atoms with Crippen molar-refractivity contribution in [2.75, 3.05) is 26.5 Å². The maximum Gasteiger partial charge on any atom is 0.306 e. The van der Waals surface area contributed by atoms with E-state index >= 15 is 0 Å². The Morgan fingerprint density at radius 2 is 1.44 bits per heavy atom. The summed E-state index contributed by atoms with van der Waals surface area (Å²) in [5.74, 6) is -0.355. The van der Waals surface area contributed by atoms with E-state index in [1.165, 1.54) is 30.9 Å². The predicted molar refractivity (Wildman–Crippen MR) is 106 cm³/mol. The first-order valence-electron chi connectivity index (χ1n) is 8.87. The summed E-state index contributed by atoms with van der Waals surface area (Å²) in [4.78, 5) is 11.2. The number of esters is 1. The predicted octanol–water partition coefficient (Wildman–Crippen LogP) is 5.89. The second kappa shape index (κ2) is 13.1. The molecule has 0 radical (unpaired) electrons. The quantitative estimate of drug-likeness (QED) is 0.244. The Hall–Kier alpha value is -1.12. The summed E-state index contributed by atoms with van der Waals surface area (Å²) in [7, 11) is -0.0189. The summed E-state index contributed by atoms with van der Waals surface area (Å²) in [5.41, 5.74) is 3.97. The molecule has 0 spiro atoms. The molecule has 144 valence electrons. The summed E-state index contributed by atoms with van der Waals surface area (Å²) < 4.78 is 22.3. The molecule has 0 bridgehead atoms. The van der Waals surface area contributed by atoms with Crippen LogP contribution in [0, 0.1) is 0 Å². The molecule has 0 amide bonds. The Morgan fingerprint density at radius 3 is 1.96 bits per heavy atom. The van der Waals surface area contributed by atoms with Gasteiger partial charge in [-0.05, 0) is 53.4 Å². The van der Waals surface area contributed by atoms with Gasteiger partial charge >= 0.3 is 5.97 Å². The number of carbonyl (C=O) groups is 1. The summed E-state index contributed by atoms with van der Waals surface area (Å²) in [5, 5.41) is 0. The average molecular weight is 370 g/mol. The van der Waals surface area contributed by atoms with Crippen molar-refractivity contribution < 1.29 is 18.6 Å². The van der Waals surface area contributed by atoms with Crippen LogP contribution in [0.4, 0.5) is 0 Å². The number of hydrogen-bond acceptors (Lipinski definition) is 4. The molecule has 0 fully saturated rings. The Balaban J connectivity index is 4.35. The lowest BCUT2D eigenvalue weighted by molar-refractivity contribution is -0.140. The van der Waals surface area contributed by atoms with Crippen molar-refractivity contribution in [3.05, 3.63) is 34.9 Å². The number of carbonyl (C=O) groups excluding carboxylic acids is 1. The van der Waals surface area contributed by atoms with E-state index in [0.717, 1.165) is 25.7 Å². The van der Waals surface area contributed by atoms with Crippen LogP contribution in [0.3, 0.4) is 0 Å². The van der Waals surface area contributed by atoms with Crippen LogP contribution in [0.1, 0.15) is 59.8 Å². The van der Waals surface area contributed by atoms with Gasteiger partial charge in [0.1, 0.15) is 0 Å². The van der Waals surface area contributed by atoms with Crippen LogP contribution in [-0.4, -0.2) is 32.5 Å². The third-order valence-corrected chi connectivity index (χ3v) is 6.37. The zero-order valence-corrected chi connectivity index (χ0v) is 17.7. The van der Waals surface area contributed by atoms with Crippen LogP contribution in [0.15, 0.2) is 34.9 Å². The van der Waals surface area contributed by atoms with Gasteiger partial charge in [0.2, 0.25) is 7.37 Å². The lowest BCUT2D eigenvalue weighted by atomic mass is 10.1. The highest BCUT2D eigenvalue weighted by molar-refractivity contribution is 7.59. The normalized spacial score (nSPS) is 14.8. The monoisotopic (exact) mass is 370 g/mol. The van der Waals surface area contributed by atoms with E-state index in [1.807, 2.05) is 13.0 Å². The summed E-state index contributed by atoms with van der Waals surface area (Å²) in [6.07, 6.45) is 11.4. The van der Waals surface area contributed by atoms with Crippen molar-refractivity contribution in [1.29, 1.82) is 0 Å². The Bertz CT molecular complexity index is 540. The fourth-order valence-corrected chi connectivity index (χ4v) is 3.88. The van der Waals surface area contributed by atoms with Crippen LogP contribution in [0.2, 0.25) is 0 Å². The maximum absolute atomic E-state index is 12.6. The van der Waals surface area contributed by atoms with Gasteiger partial charge in [0.05, 0.1) is 13.5 Å². The van der Waals surface area contributed by atoms with E-state index in [-0.39, 0.29) is 18.6 Å². The maximum atomic E-state index is 12.6. The average Bonchev–Trinajstić information content (AvgIpc) is 2.57. The lowest BCUT2D eigenvalue weighted by Crippen LogP contribution is -2.05. The lowest BCUT2D eigenvalue weighted by Gasteiger charge is -2.14. The molecular weight excluding hydrogens is 335 g/mol. The van der Waals surface area contributed by atoms with Gasteiger partial charge in [0.25, 0.3) is 0 Å². The molecule has 0 aliphatic heterocycles. The largest absolute Gasteiger partial charge is 0.469 e. The van der Waals surface area contributed by atoms with Crippen LogP contribution < -0.4 is 0 Å². The standard InChI is InChI=1S/C20H35O4P/c1-17(2)9-7-10-18(3)11-8-12-19(4)13-15-25(22,24-6)16-14-20(21)23-5/h9,11,13H,7-8,10,12,14-16H2,1-6H3/b18-11+,19-13+.